The van der Waals surface area contributed by atoms with Crippen molar-refractivity contribution in [3.63, 3.8) is 0 Å². The predicted molar refractivity (Wildman–Crippen MR) is 90.5 cm³/mol. The number of hydrogen-bond donors (Lipinski definition) is 1. The van der Waals surface area contributed by atoms with E-state index in [2.05, 4.69) is 38.3 Å². The molecule has 1 rings (SSSR count). The first kappa shape index (κ1) is 17.5. The van der Waals surface area contributed by atoms with Gasteiger partial charge in [0, 0.05) is 5.02 Å². The van der Waals surface area contributed by atoms with Gasteiger partial charge in [-0.05, 0) is 56.0 Å². The van der Waals surface area contributed by atoms with Crippen molar-refractivity contribution >= 4 is 11.6 Å². The van der Waals surface area contributed by atoms with Crippen LogP contribution in [0.1, 0.15) is 51.5 Å². The Morgan fingerprint density at radius 1 is 1.10 bits per heavy atom. The first-order valence-corrected chi connectivity index (χ1v) is 8.46. The van der Waals surface area contributed by atoms with Gasteiger partial charge in [-0.2, -0.15) is 0 Å². The molecule has 20 heavy (non-hydrogen) atoms. The van der Waals surface area contributed by atoms with E-state index in [-0.39, 0.29) is 0 Å². The Kier molecular flexibility index (Phi) is 8.97. The summed E-state index contributed by atoms with van der Waals surface area (Å²) in [5.74, 6) is 1.60. The highest BCUT2D eigenvalue weighted by molar-refractivity contribution is 6.30. The van der Waals surface area contributed by atoms with Crippen LogP contribution in [0.2, 0.25) is 5.02 Å². The number of rotatable bonds is 10. The smallest absolute Gasteiger partial charge is 0.0406 e. The molecule has 0 saturated heterocycles. The molecule has 114 valence electrons. The number of unbranched alkanes of at least 4 members (excludes halogenated alkanes) is 1. The van der Waals surface area contributed by atoms with Crippen molar-refractivity contribution in [2.24, 2.45) is 11.8 Å². The van der Waals surface area contributed by atoms with Gasteiger partial charge in [0.15, 0.2) is 0 Å². The fourth-order valence-corrected chi connectivity index (χ4v) is 3.06. The van der Waals surface area contributed by atoms with E-state index in [9.17, 15) is 0 Å². The van der Waals surface area contributed by atoms with E-state index < -0.39 is 0 Å². The maximum absolute atomic E-state index is 5.96. The summed E-state index contributed by atoms with van der Waals surface area (Å²) >= 11 is 5.96. The molecule has 2 atom stereocenters. The van der Waals surface area contributed by atoms with Crippen LogP contribution < -0.4 is 5.32 Å². The molecule has 1 N–H and O–H groups in total. The molecule has 0 fully saturated rings. The summed E-state index contributed by atoms with van der Waals surface area (Å²) in [5, 5.41) is 4.19. The van der Waals surface area contributed by atoms with Crippen LogP contribution in [0.15, 0.2) is 24.3 Å². The molecule has 1 aromatic carbocycles. The van der Waals surface area contributed by atoms with Crippen LogP contribution in [-0.2, 0) is 6.42 Å². The van der Waals surface area contributed by atoms with Crippen molar-refractivity contribution in [1.29, 1.82) is 0 Å². The van der Waals surface area contributed by atoms with Crippen LogP contribution in [0.3, 0.4) is 0 Å². The van der Waals surface area contributed by atoms with Crippen molar-refractivity contribution in [1.82, 2.24) is 5.32 Å². The minimum absolute atomic E-state index is 0.725. The molecule has 0 bridgehead atoms. The Hall–Kier alpha value is -0.530. The Labute approximate surface area is 130 Å². The summed E-state index contributed by atoms with van der Waals surface area (Å²) in [5.41, 5.74) is 1.40. The van der Waals surface area contributed by atoms with Gasteiger partial charge in [0.05, 0.1) is 0 Å². The molecular weight excluding hydrogens is 266 g/mol. The van der Waals surface area contributed by atoms with E-state index in [1.54, 1.807) is 0 Å². The fraction of sp³-hybridized carbons (Fsp3) is 0.667. The average Bonchev–Trinajstić information content (AvgIpc) is 2.46. The molecule has 0 saturated carbocycles. The van der Waals surface area contributed by atoms with Gasteiger partial charge in [-0.15, -0.1) is 0 Å². The van der Waals surface area contributed by atoms with E-state index in [4.69, 9.17) is 11.6 Å². The summed E-state index contributed by atoms with van der Waals surface area (Å²) < 4.78 is 0. The maximum atomic E-state index is 5.96. The second-order valence-electron chi connectivity index (χ2n) is 5.91. The minimum Gasteiger partial charge on any atom is -0.319 e. The third kappa shape index (κ3) is 6.76. The minimum atomic E-state index is 0.725. The topological polar surface area (TPSA) is 12.0 Å². The van der Waals surface area contributed by atoms with Gasteiger partial charge in [-0.25, -0.2) is 0 Å². The second kappa shape index (κ2) is 10.2. The molecule has 0 aliphatic rings. The highest BCUT2D eigenvalue weighted by Crippen LogP contribution is 2.24. The van der Waals surface area contributed by atoms with Crippen molar-refractivity contribution in [3.8, 4) is 0 Å². The fourth-order valence-electron chi connectivity index (χ4n) is 2.93. The Balaban J connectivity index is 2.55. The largest absolute Gasteiger partial charge is 0.319 e. The molecule has 0 aromatic heterocycles. The van der Waals surface area contributed by atoms with Gasteiger partial charge >= 0.3 is 0 Å². The van der Waals surface area contributed by atoms with Crippen LogP contribution in [0, 0.1) is 11.8 Å². The molecule has 1 aromatic rings. The molecule has 0 heterocycles. The first-order chi connectivity index (χ1) is 9.69. The summed E-state index contributed by atoms with van der Waals surface area (Å²) in [6.45, 7) is 5.72. The highest BCUT2D eigenvalue weighted by Gasteiger charge is 2.15. The highest BCUT2D eigenvalue weighted by atomic mass is 35.5. The van der Waals surface area contributed by atoms with Crippen molar-refractivity contribution in [2.45, 2.75) is 52.4 Å². The lowest BCUT2D eigenvalue weighted by molar-refractivity contribution is 0.329. The van der Waals surface area contributed by atoms with Gasteiger partial charge in [0.1, 0.15) is 0 Å². The molecule has 0 aliphatic carbocycles. The van der Waals surface area contributed by atoms with Crippen LogP contribution in [0.5, 0.6) is 0 Å². The van der Waals surface area contributed by atoms with Gasteiger partial charge < -0.3 is 5.32 Å². The normalized spacial score (nSPS) is 14.2. The zero-order valence-corrected chi connectivity index (χ0v) is 14.0. The van der Waals surface area contributed by atoms with Gasteiger partial charge in [0.25, 0.3) is 0 Å². The van der Waals surface area contributed by atoms with E-state index in [0.717, 1.165) is 29.8 Å². The van der Waals surface area contributed by atoms with Crippen molar-refractivity contribution < 1.29 is 0 Å². The van der Waals surface area contributed by atoms with Gasteiger partial charge in [-0.3, -0.25) is 0 Å². The monoisotopic (exact) mass is 295 g/mol. The Morgan fingerprint density at radius 2 is 1.80 bits per heavy atom. The first-order valence-electron chi connectivity index (χ1n) is 8.08. The Morgan fingerprint density at radius 3 is 2.35 bits per heavy atom. The van der Waals surface area contributed by atoms with Crippen LogP contribution in [0.4, 0.5) is 0 Å². The van der Waals surface area contributed by atoms with Crippen LogP contribution in [-0.4, -0.2) is 13.6 Å². The zero-order valence-electron chi connectivity index (χ0n) is 13.3. The lowest BCUT2D eigenvalue weighted by atomic mass is 9.85. The molecular formula is C18H30ClN. The number of benzene rings is 1. The van der Waals surface area contributed by atoms with Crippen molar-refractivity contribution in [2.75, 3.05) is 13.6 Å². The number of halogens is 1. The van der Waals surface area contributed by atoms with E-state index >= 15 is 0 Å². The SMILES string of the molecule is CCCCC(CC)CC(CNC)Cc1ccc(Cl)cc1. The summed E-state index contributed by atoms with van der Waals surface area (Å²) in [4.78, 5) is 0. The third-order valence-corrected chi connectivity index (χ3v) is 4.39. The summed E-state index contributed by atoms with van der Waals surface area (Å²) in [7, 11) is 2.06. The van der Waals surface area contributed by atoms with Crippen molar-refractivity contribution in [3.05, 3.63) is 34.9 Å². The molecule has 2 heteroatoms. The quantitative estimate of drug-likeness (QED) is 0.615. The molecule has 1 nitrogen and oxygen atoms in total. The standard InChI is InChI=1S/C18H30ClN/c1-4-6-7-15(5-2)12-17(14-20-3)13-16-8-10-18(19)11-9-16/h8-11,15,17,20H,4-7,12-14H2,1-3H3. The molecule has 0 aliphatic heterocycles. The lowest BCUT2D eigenvalue weighted by Crippen LogP contribution is -2.23. The van der Waals surface area contributed by atoms with E-state index in [1.807, 2.05) is 12.1 Å². The van der Waals surface area contributed by atoms with Crippen LogP contribution in [0.25, 0.3) is 0 Å². The van der Waals surface area contributed by atoms with Gasteiger partial charge in [0.2, 0.25) is 0 Å². The number of nitrogens with one attached hydrogen (secondary N) is 1. The molecule has 0 amide bonds. The van der Waals surface area contributed by atoms with Gasteiger partial charge in [-0.1, -0.05) is 63.3 Å². The maximum Gasteiger partial charge on any atom is 0.0406 e. The summed E-state index contributed by atoms with van der Waals surface area (Å²) in [6, 6.07) is 8.33. The van der Waals surface area contributed by atoms with E-state index in [0.29, 0.717) is 0 Å². The average molecular weight is 296 g/mol. The zero-order chi connectivity index (χ0) is 14.8. The Bertz CT molecular complexity index is 347. The lowest BCUT2D eigenvalue weighted by Gasteiger charge is -2.23. The third-order valence-electron chi connectivity index (χ3n) is 4.14. The van der Waals surface area contributed by atoms with E-state index in [1.165, 1.54) is 37.7 Å². The molecule has 0 spiro atoms. The molecule has 2 unspecified atom stereocenters. The summed E-state index contributed by atoms with van der Waals surface area (Å²) in [6.07, 6.45) is 7.85. The molecule has 0 radical (unpaired) electrons. The van der Waals surface area contributed by atoms with Crippen LogP contribution >= 0.6 is 11.6 Å². The number of hydrogen-bond acceptors (Lipinski definition) is 1. The predicted octanol–water partition coefficient (Wildman–Crippen LogP) is 5.32. The second-order valence-corrected chi connectivity index (χ2v) is 6.34.